The molecule has 1 aliphatic rings. The number of para-hydroxylation sites is 1. The Bertz CT molecular complexity index is 1080. The van der Waals surface area contributed by atoms with E-state index in [0.717, 1.165) is 35.1 Å². The number of aromatic nitrogens is 2. The van der Waals surface area contributed by atoms with Gasteiger partial charge in [-0.15, -0.1) is 0 Å². The van der Waals surface area contributed by atoms with E-state index in [1.807, 2.05) is 24.2 Å². The number of anilines is 1. The van der Waals surface area contributed by atoms with Gasteiger partial charge < -0.3 is 10.3 Å². The zero-order valence-corrected chi connectivity index (χ0v) is 20.0. The van der Waals surface area contributed by atoms with E-state index in [9.17, 15) is 4.79 Å². The van der Waals surface area contributed by atoms with Gasteiger partial charge in [-0.05, 0) is 53.9 Å². The van der Waals surface area contributed by atoms with Crippen LogP contribution in [-0.2, 0) is 7.05 Å². The molecule has 0 spiro atoms. The first-order valence-electron chi connectivity index (χ1n) is 11.9. The maximum atomic E-state index is 13.3. The summed E-state index contributed by atoms with van der Waals surface area (Å²) in [6.45, 7) is 8.76. The maximum absolute atomic E-state index is 13.3. The van der Waals surface area contributed by atoms with Gasteiger partial charge in [0, 0.05) is 30.4 Å². The molecular weight excluding hydrogens is 396 g/mol. The fourth-order valence-corrected chi connectivity index (χ4v) is 5.53. The molecule has 0 saturated heterocycles. The van der Waals surface area contributed by atoms with Crippen molar-refractivity contribution >= 4 is 22.8 Å². The largest absolute Gasteiger partial charge is 0.351 e. The molecule has 5 heteroatoms. The second kappa shape index (κ2) is 8.97. The van der Waals surface area contributed by atoms with Crippen molar-refractivity contribution in [1.29, 1.82) is 0 Å². The van der Waals surface area contributed by atoms with Crippen molar-refractivity contribution in [3.8, 4) is 0 Å². The van der Waals surface area contributed by atoms with Gasteiger partial charge in [-0.25, -0.2) is 9.78 Å². The lowest BCUT2D eigenvalue weighted by Gasteiger charge is -2.38. The normalized spacial score (nSPS) is 15.7. The zero-order chi connectivity index (χ0) is 23.0. The number of aryl methyl sites for hydroxylation is 1. The molecule has 2 amide bonds. The molecule has 4 rings (SSSR count). The van der Waals surface area contributed by atoms with E-state index in [1.54, 1.807) is 0 Å². The van der Waals surface area contributed by atoms with Gasteiger partial charge in [-0.2, -0.15) is 0 Å². The fraction of sp³-hybridized carbons (Fsp3) is 0.481. The summed E-state index contributed by atoms with van der Waals surface area (Å²) in [6, 6.07) is 10.0. The Hall–Kier alpha value is -2.82. The Balaban J connectivity index is 2.00. The number of hydrogen-bond acceptors (Lipinski definition) is 2. The van der Waals surface area contributed by atoms with E-state index in [-0.39, 0.29) is 23.9 Å². The number of primary amides is 1. The Morgan fingerprint density at radius 2 is 1.66 bits per heavy atom. The number of nitrogens with zero attached hydrogens (tertiary/aromatic N) is 3. The number of carbonyl (C=O) groups is 1. The van der Waals surface area contributed by atoms with Crippen LogP contribution in [0.4, 0.5) is 10.5 Å². The third-order valence-electron chi connectivity index (χ3n) is 7.03. The van der Waals surface area contributed by atoms with Crippen molar-refractivity contribution in [1.82, 2.24) is 9.55 Å². The predicted octanol–water partition coefficient (Wildman–Crippen LogP) is 6.64. The first-order valence-corrected chi connectivity index (χ1v) is 11.9. The molecule has 1 aromatic carbocycles. The number of pyridine rings is 1. The average Bonchev–Trinajstić information content (AvgIpc) is 3.40. The van der Waals surface area contributed by atoms with E-state index in [1.165, 1.54) is 24.0 Å². The van der Waals surface area contributed by atoms with E-state index in [2.05, 4.69) is 67.7 Å². The summed E-state index contributed by atoms with van der Waals surface area (Å²) in [7, 11) is 2.03. The lowest BCUT2D eigenvalue weighted by molar-refractivity contribution is 0.248. The Labute approximate surface area is 191 Å². The molecule has 0 aliphatic heterocycles. The van der Waals surface area contributed by atoms with E-state index < -0.39 is 0 Å². The molecule has 1 atom stereocenters. The molecule has 0 bridgehead atoms. The number of fused-ring (bicyclic) bond motifs is 1. The van der Waals surface area contributed by atoms with Crippen molar-refractivity contribution in [2.24, 2.45) is 18.7 Å². The Morgan fingerprint density at radius 1 is 1.03 bits per heavy atom. The van der Waals surface area contributed by atoms with Crippen molar-refractivity contribution in [2.45, 2.75) is 71.3 Å². The molecule has 0 radical (unpaired) electrons. The first-order chi connectivity index (χ1) is 15.3. The molecule has 32 heavy (non-hydrogen) atoms. The highest BCUT2D eigenvalue weighted by atomic mass is 16.2. The van der Waals surface area contributed by atoms with Crippen molar-refractivity contribution in [2.75, 3.05) is 4.90 Å². The summed E-state index contributed by atoms with van der Waals surface area (Å²) in [4.78, 5) is 19.8. The molecule has 2 heterocycles. The number of urea groups is 1. The molecule has 1 aliphatic carbocycles. The Morgan fingerprint density at radius 3 is 2.22 bits per heavy atom. The molecule has 170 valence electrons. The van der Waals surface area contributed by atoms with Crippen molar-refractivity contribution in [3.05, 3.63) is 59.4 Å². The van der Waals surface area contributed by atoms with Crippen LogP contribution >= 0.6 is 0 Å². The van der Waals surface area contributed by atoms with Crippen LogP contribution in [0, 0.1) is 5.92 Å². The highest BCUT2D eigenvalue weighted by Gasteiger charge is 2.38. The molecule has 2 N–H and O–H groups in total. The van der Waals surface area contributed by atoms with Crippen LogP contribution in [-0.4, -0.2) is 15.6 Å². The third-order valence-corrected chi connectivity index (χ3v) is 7.03. The summed E-state index contributed by atoms with van der Waals surface area (Å²) in [5, 5.41) is 1.10. The van der Waals surface area contributed by atoms with Gasteiger partial charge in [-0.3, -0.25) is 4.90 Å². The summed E-state index contributed by atoms with van der Waals surface area (Å²) < 4.78 is 2.07. The smallest absolute Gasteiger partial charge is 0.319 e. The summed E-state index contributed by atoms with van der Waals surface area (Å²) in [5.41, 5.74) is 11.7. The van der Waals surface area contributed by atoms with E-state index >= 15 is 0 Å². The lowest BCUT2D eigenvalue weighted by Crippen LogP contribution is -2.43. The standard InChI is InChI=1S/C27H36N4O/c1-17(2)20-12-8-13-21(18(3)4)25(20)31(27(28)32)24(19-10-6-7-11-19)23-16-30(5)26-22(23)14-9-15-29-26/h8-9,12-19,24H,6-7,10-11H2,1-5H3,(H2,28,32). The van der Waals surface area contributed by atoms with Gasteiger partial charge >= 0.3 is 6.03 Å². The number of carbonyl (C=O) groups excluding carboxylic acids is 1. The highest BCUT2D eigenvalue weighted by molar-refractivity contribution is 5.95. The van der Waals surface area contributed by atoms with Crippen LogP contribution in [0.25, 0.3) is 11.0 Å². The summed E-state index contributed by atoms with van der Waals surface area (Å²) in [5.74, 6) is 0.932. The maximum Gasteiger partial charge on any atom is 0.319 e. The fourth-order valence-electron chi connectivity index (χ4n) is 5.53. The number of benzene rings is 1. The van der Waals surface area contributed by atoms with Crippen LogP contribution in [0.3, 0.4) is 0 Å². The third kappa shape index (κ3) is 3.89. The molecule has 1 fully saturated rings. The van der Waals surface area contributed by atoms with Crippen molar-refractivity contribution in [3.63, 3.8) is 0 Å². The molecule has 1 saturated carbocycles. The summed E-state index contributed by atoms with van der Waals surface area (Å²) in [6.07, 6.45) is 8.58. The number of rotatable bonds is 6. The minimum Gasteiger partial charge on any atom is -0.351 e. The molecule has 5 nitrogen and oxygen atoms in total. The second-order valence-electron chi connectivity index (χ2n) is 9.86. The van der Waals surface area contributed by atoms with Gasteiger partial charge in [0.05, 0.1) is 11.7 Å². The van der Waals surface area contributed by atoms with E-state index in [0.29, 0.717) is 5.92 Å². The monoisotopic (exact) mass is 432 g/mol. The minimum absolute atomic E-state index is 0.111. The quantitative estimate of drug-likeness (QED) is 0.475. The minimum atomic E-state index is -0.377. The van der Waals surface area contributed by atoms with Crippen LogP contribution in [0.15, 0.2) is 42.7 Å². The van der Waals surface area contributed by atoms with Gasteiger partial charge in [-0.1, -0.05) is 58.7 Å². The molecule has 3 aromatic rings. The SMILES string of the molecule is CC(C)c1cccc(C(C)C)c1N(C(N)=O)C(c1cn(C)c2ncccc12)C1CCCC1. The van der Waals surface area contributed by atoms with Crippen LogP contribution < -0.4 is 10.6 Å². The predicted molar refractivity (Wildman–Crippen MR) is 132 cm³/mol. The van der Waals surface area contributed by atoms with Crippen LogP contribution in [0.5, 0.6) is 0 Å². The second-order valence-corrected chi connectivity index (χ2v) is 9.86. The molecular formula is C27H36N4O. The highest BCUT2D eigenvalue weighted by Crippen LogP contribution is 2.47. The average molecular weight is 433 g/mol. The van der Waals surface area contributed by atoms with Crippen molar-refractivity contribution < 1.29 is 4.79 Å². The molecule has 1 unspecified atom stereocenters. The topological polar surface area (TPSA) is 64.2 Å². The number of amides is 2. The number of nitrogens with two attached hydrogens (primary N) is 1. The van der Waals surface area contributed by atoms with Crippen LogP contribution in [0.2, 0.25) is 0 Å². The van der Waals surface area contributed by atoms with Crippen LogP contribution in [0.1, 0.15) is 87.9 Å². The summed E-state index contributed by atoms with van der Waals surface area (Å²) >= 11 is 0. The van der Waals surface area contributed by atoms with Gasteiger partial charge in [0.25, 0.3) is 0 Å². The Kier molecular flexibility index (Phi) is 6.27. The van der Waals surface area contributed by atoms with E-state index in [4.69, 9.17) is 5.73 Å². The zero-order valence-electron chi connectivity index (χ0n) is 20.0. The van der Waals surface area contributed by atoms with Gasteiger partial charge in [0.1, 0.15) is 5.65 Å². The van der Waals surface area contributed by atoms with Gasteiger partial charge in [0.2, 0.25) is 0 Å². The lowest BCUT2D eigenvalue weighted by atomic mass is 9.86. The number of hydrogen-bond donors (Lipinski definition) is 1. The molecule has 2 aromatic heterocycles. The van der Waals surface area contributed by atoms with Gasteiger partial charge in [0.15, 0.2) is 0 Å². The first kappa shape index (κ1) is 22.4.